The molecular weight excluding hydrogens is 224 g/mol. The number of hydrogen-bond acceptors (Lipinski definition) is 0. The van der Waals surface area contributed by atoms with Crippen molar-refractivity contribution in [2.45, 2.75) is 13.3 Å². The molecule has 0 saturated carbocycles. The first-order valence-electron chi connectivity index (χ1n) is 4.91. The van der Waals surface area contributed by atoms with Gasteiger partial charge in [-0.3, -0.25) is 0 Å². The van der Waals surface area contributed by atoms with Gasteiger partial charge in [-0.1, -0.05) is 6.92 Å². The molecule has 0 aliphatic carbocycles. The van der Waals surface area contributed by atoms with Crippen LogP contribution in [0.3, 0.4) is 0 Å². The fraction of sp³-hybridized carbons (Fsp3) is 0.143. The summed E-state index contributed by atoms with van der Waals surface area (Å²) < 4.78 is 0. The van der Waals surface area contributed by atoms with Crippen LogP contribution in [0.2, 0.25) is 0 Å². The molecule has 0 aromatic heterocycles. The quantitative estimate of drug-likeness (QED) is 0.549. The Hall–Kier alpha value is -1.04. The molecule has 0 spiro atoms. The Morgan fingerprint density at radius 3 is 2.00 bits per heavy atom. The summed E-state index contributed by atoms with van der Waals surface area (Å²) in [4.78, 5) is 0. The van der Waals surface area contributed by atoms with E-state index in [2.05, 4.69) is 37.8 Å². The molecule has 2 aromatic carbocycles. The zero-order chi connectivity index (χ0) is 10.2. The van der Waals surface area contributed by atoms with Crippen LogP contribution in [-0.4, -0.2) is 0 Å². The zero-order valence-electron chi connectivity index (χ0n) is 8.96. The van der Waals surface area contributed by atoms with Crippen LogP contribution in [0.15, 0.2) is 55.1 Å². The molecule has 2 rings (SSSR count). The summed E-state index contributed by atoms with van der Waals surface area (Å²) in [5, 5.41) is 0. The largest absolute Gasteiger partial charge is 0.748 e. The first-order chi connectivity index (χ1) is 6.86. The zero-order valence-corrected chi connectivity index (χ0v) is 10.1. The van der Waals surface area contributed by atoms with Crippen molar-refractivity contribution in [2.75, 3.05) is 0 Å². The van der Waals surface area contributed by atoms with Crippen LogP contribution in [0.5, 0.6) is 0 Å². The van der Waals surface area contributed by atoms with Gasteiger partial charge >= 0.3 is 0 Å². The van der Waals surface area contributed by atoms with Gasteiger partial charge in [-0.2, -0.15) is 18.7 Å². The standard InChI is InChI=1S/C7H9.C7H7.Fe/c2*1-2-7-5-3-4-6-7;/h3-6H,2H2,1H3;2-6H,1H2;/q-5;-1;. The fourth-order valence-corrected chi connectivity index (χ4v) is 1.17. The Morgan fingerprint density at radius 1 is 1.20 bits per heavy atom. The Morgan fingerprint density at radius 2 is 1.73 bits per heavy atom. The molecule has 86 valence electrons. The Bertz CT molecular complexity index is 327. The van der Waals surface area contributed by atoms with Gasteiger partial charge in [0, 0.05) is 17.1 Å². The number of hydrogen-bond donors (Lipinski definition) is 0. The van der Waals surface area contributed by atoms with Crippen LogP contribution < -0.4 is 0 Å². The molecule has 0 atom stereocenters. The minimum Gasteiger partial charge on any atom is -0.748 e. The number of rotatable bonds is 2. The van der Waals surface area contributed by atoms with E-state index in [4.69, 9.17) is 0 Å². The smallest absolute Gasteiger partial charge is 0 e. The maximum absolute atomic E-state index is 3.60. The third-order valence-corrected chi connectivity index (χ3v) is 2.06. The molecule has 15 heavy (non-hydrogen) atoms. The Balaban J connectivity index is 0.000000245. The van der Waals surface area contributed by atoms with Gasteiger partial charge in [0.1, 0.15) is 0 Å². The van der Waals surface area contributed by atoms with Gasteiger partial charge in [0.05, 0.1) is 0 Å². The van der Waals surface area contributed by atoms with Crippen molar-refractivity contribution in [3.8, 4) is 0 Å². The van der Waals surface area contributed by atoms with Gasteiger partial charge in [0.15, 0.2) is 0 Å². The van der Waals surface area contributed by atoms with Crippen LogP contribution in [0.4, 0.5) is 0 Å². The number of aryl methyl sites for hydroxylation is 1. The summed E-state index contributed by atoms with van der Waals surface area (Å²) in [7, 11) is 0. The van der Waals surface area contributed by atoms with E-state index < -0.39 is 0 Å². The van der Waals surface area contributed by atoms with Crippen LogP contribution in [-0.2, 0) is 23.5 Å². The van der Waals surface area contributed by atoms with E-state index in [9.17, 15) is 0 Å². The van der Waals surface area contributed by atoms with Crippen molar-refractivity contribution in [1.29, 1.82) is 0 Å². The second-order valence-corrected chi connectivity index (χ2v) is 3.07. The molecule has 0 saturated heterocycles. The molecule has 0 radical (unpaired) electrons. The Labute approximate surface area is 103 Å². The molecule has 0 unspecified atom stereocenters. The maximum Gasteiger partial charge on any atom is 0 e. The maximum atomic E-state index is 3.60. The molecule has 0 aliphatic rings. The predicted molar refractivity (Wildman–Crippen MR) is 63.5 cm³/mol. The molecular formula is C14H16Fe-6. The predicted octanol–water partition coefficient (Wildman–Crippen LogP) is 4.01. The van der Waals surface area contributed by atoms with Crippen molar-refractivity contribution in [3.05, 3.63) is 66.2 Å². The molecule has 0 N–H and O–H groups in total. The van der Waals surface area contributed by atoms with E-state index in [-0.39, 0.29) is 17.1 Å². The molecule has 0 aliphatic heterocycles. The third kappa shape index (κ3) is 5.41. The summed E-state index contributed by atoms with van der Waals surface area (Å²) in [5.41, 5.74) is 2.63. The summed E-state index contributed by atoms with van der Waals surface area (Å²) in [6, 6.07) is 16.5. The second-order valence-electron chi connectivity index (χ2n) is 3.07. The van der Waals surface area contributed by atoms with Crippen LogP contribution in [0.1, 0.15) is 18.1 Å². The normalized spacial score (nSPS) is 8.33. The molecule has 0 heterocycles. The summed E-state index contributed by atoms with van der Waals surface area (Å²) >= 11 is 0. The van der Waals surface area contributed by atoms with Crippen molar-refractivity contribution in [2.24, 2.45) is 0 Å². The monoisotopic (exact) mass is 240 g/mol. The third-order valence-electron chi connectivity index (χ3n) is 2.06. The minimum absolute atomic E-state index is 0. The van der Waals surface area contributed by atoms with Crippen molar-refractivity contribution in [1.82, 2.24) is 0 Å². The molecule has 0 bridgehead atoms. The van der Waals surface area contributed by atoms with Crippen molar-refractivity contribution < 1.29 is 17.1 Å². The summed E-state index contributed by atoms with van der Waals surface area (Å²) in [6.45, 7) is 5.77. The first-order valence-corrected chi connectivity index (χ1v) is 4.91. The molecule has 0 fully saturated rings. The van der Waals surface area contributed by atoms with Crippen LogP contribution >= 0.6 is 0 Å². The van der Waals surface area contributed by atoms with E-state index in [0.717, 1.165) is 6.42 Å². The fourth-order valence-electron chi connectivity index (χ4n) is 1.17. The molecule has 2 aromatic rings. The topological polar surface area (TPSA) is 0 Å². The van der Waals surface area contributed by atoms with E-state index >= 15 is 0 Å². The SMILES string of the molecule is C=C[c-]1cccc1.CC[c-]1[cH-][cH-][cH-][cH-]1.[Fe]. The van der Waals surface area contributed by atoms with Gasteiger partial charge in [0.25, 0.3) is 0 Å². The minimum atomic E-state index is 0. The van der Waals surface area contributed by atoms with Gasteiger partial charge in [-0.15, -0.1) is 23.8 Å². The van der Waals surface area contributed by atoms with E-state index in [1.54, 1.807) is 0 Å². The molecule has 1 heteroatoms. The van der Waals surface area contributed by atoms with Crippen molar-refractivity contribution >= 4 is 6.08 Å². The van der Waals surface area contributed by atoms with Gasteiger partial charge in [0.2, 0.25) is 0 Å². The first kappa shape index (κ1) is 14.0. The van der Waals surface area contributed by atoms with Gasteiger partial charge in [-0.05, 0) is 0 Å². The summed E-state index contributed by atoms with van der Waals surface area (Å²) in [5.74, 6) is 0. The van der Waals surface area contributed by atoms with E-state index in [0.29, 0.717) is 0 Å². The second kappa shape index (κ2) is 8.28. The molecule has 0 nitrogen and oxygen atoms in total. The van der Waals surface area contributed by atoms with Gasteiger partial charge < -0.3 is 29.8 Å². The average Bonchev–Trinajstić information content (AvgIpc) is 2.92. The Kier molecular flexibility index (Phi) is 7.71. The van der Waals surface area contributed by atoms with E-state index in [1.807, 2.05) is 30.3 Å². The van der Waals surface area contributed by atoms with E-state index in [1.165, 1.54) is 11.1 Å². The van der Waals surface area contributed by atoms with Gasteiger partial charge in [-0.25, -0.2) is 6.42 Å². The van der Waals surface area contributed by atoms with Crippen LogP contribution in [0, 0.1) is 0 Å². The summed E-state index contributed by atoms with van der Waals surface area (Å²) in [6.07, 6.45) is 2.99. The average molecular weight is 240 g/mol. The molecule has 0 amide bonds. The van der Waals surface area contributed by atoms with Crippen LogP contribution in [0.25, 0.3) is 6.08 Å². The van der Waals surface area contributed by atoms with Crippen molar-refractivity contribution in [3.63, 3.8) is 0 Å².